The first kappa shape index (κ1) is 9.31. The highest BCUT2D eigenvalue weighted by Crippen LogP contribution is 2.63. The summed E-state index contributed by atoms with van der Waals surface area (Å²) in [5.74, 6) is 0. The molecule has 1 nitrogen and oxygen atoms in total. The molecule has 2 rings (SSSR count). The summed E-state index contributed by atoms with van der Waals surface area (Å²) in [6.07, 6.45) is -1.57. The van der Waals surface area contributed by atoms with Crippen molar-refractivity contribution >= 4 is 0 Å². The van der Waals surface area contributed by atoms with Gasteiger partial charge in [0.25, 0.3) is 0 Å². The summed E-state index contributed by atoms with van der Waals surface area (Å²) in [5.41, 5.74) is -3.19. The van der Waals surface area contributed by atoms with Crippen molar-refractivity contribution in [1.82, 2.24) is 0 Å². The maximum atomic E-state index is 12.6. The fraction of sp³-hybridized carbons (Fsp3) is 1.00. The molecule has 1 N–H and O–H groups in total. The topological polar surface area (TPSA) is 20.2 Å². The van der Waals surface area contributed by atoms with Crippen LogP contribution in [0.1, 0.15) is 38.5 Å². The molecule has 2 fully saturated rings. The molecule has 2 saturated carbocycles. The number of aliphatic hydroxyl groups is 1. The number of halogens is 3. The Morgan fingerprint density at radius 1 is 0.923 bits per heavy atom. The van der Waals surface area contributed by atoms with E-state index in [4.69, 9.17) is 0 Å². The van der Waals surface area contributed by atoms with Gasteiger partial charge in [0.2, 0.25) is 0 Å². The molecule has 0 aromatic carbocycles. The van der Waals surface area contributed by atoms with Gasteiger partial charge in [-0.05, 0) is 32.1 Å². The van der Waals surface area contributed by atoms with Gasteiger partial charge in [-0.1, -0.05) is 6.42 Å². The Balaban J connectivity index is 2.30. The van der Waals surface area contributed by atoms with Crippen LogP contribution in [0.2, 0.25) is 0 Å². The quantitative estimate of drug-likeness (QED) is 0.628. The Morgan fingerprint density at radius 3 is 1.69 bits per heavy atom. The van der Waals surface area contributed by atoms with E-state index in [0.29, 0.717) is 25.7 Å². The van der Waals surface area contributed by atoms with Crippen molar-refractivity contribution in [2.24, 2.45) is 5.41 Å². The van der Waals surface area contributed by atoms with Crippen LogP contribution in [-0.2, 0) is 0 Å². The van der Waals surface area contributed by atoms with Crippen molar-refractivity contribution in [2.75, 3.05) is 0 Å². The number of hydrogen-bond acceptors (Lipinski definition) is 1. The predicted molar refractivity (Wildman–Crippen MR) is 41.1 cm³/mol. The molecule has 13 heavy (non-hydrogen) atoms. The second-order valence-corrected chi connectivity index (χ2v) is 4.35. The molecule has 0 saturated heterocycles. The first-order valence-corrected chi connectivity index (χ1v) is 4.70. The molecule has 0 bridgehead atoms. The predicted octanol–water partition coefficient (Wildman–Crippen LogP) is 2.63. The van der Waals surface area contributed by atoms with E-state index in [9.17, 15) is 18.3 Å². The van der Waals surface area contributed by atoms with Crippen LogP contribution >= 0.6 is 0 Å². The maximum absolute atomic E-state index is 12.6. The third-order valence-electron chi connectivity index (χ3n) is 3.85. The molecule has 0 aliphatic heterocycles. The van der Waals surface area contributed by atoms with Crippen molar-refractivity contribution < 1.29 is 18.3 Å². The van der Waals surface area contributed by atoms with Crippen molar-refractivity contribution in [3.8, 4) is 0 Å². The normalized spacial score (nSPS) is 37.8. The lowest BCUT2D eigenvalue weighted by atomic mass is 9.60. The molecule has 76 valence electrons. The molecule has 1 unspecified atom stereocenters. The lowest BCUT2D eigenvalue weighted by Crippen LogP contribution is -2.57. The number of alkyl halides is 3. The zero-order chi connectivity index (χ0) is 9.74. The van der Waals surface area contributed by atoms with Crippen molar-refractivity contribution in [3.05, 3.63) is 0 Å². The SMILES string of the molecule is OC1(C(F)(F)F)CCCC12CCC2. The molecule has 1 atom stereocenters. The Hall–Kier alpha value is -0.250. The molecule has 2 aliphatic carbocycles. The van der Waals surface area contributed by atoms with Gasteiger partial charge in [-0.3, -0.25) is 0 Å². The zero-order valence-electron chi connectivity index (χ0n) is 7.32. The first-order valence-electron chi connectivity index (χ1n) is 4.70. The smallest absolute Gasteiger partial charge is 0.380 e. The largest absolute Gasteiger partial charge is 0.417 e. The van der Waals surface area contributed by atoms with Crippen LogP contribution in [0, 0.1) is 5.41 Å². The van der Waals surface area contributed by atoms with Crippen LogP contribution in [-0.4, -0.2) is 16.9 Å². The minimum absolute atomic E-state index is 0.101. The number of rotatable bonds is 0. The minimum Gasteiger partial charge on any atom is -0.380 e. The highest BCUT2D eigenvalue weighted by Gasteiger charge is 2.69. The summed E-state index contributed by atoms with van der Waals surface area (Å²) in [6.45, 7) is 0. The average Bonchev–Trinajstić information content (AvgIpc) is 2.25. The Kier molecular flexibility index (Phi) is 1.72. The van der Waals surface area contributed by atoms with Crippen LogP contribution in [0.3, 0.4) is 0 Å². The molecular formula is C9H13F3O. The summed E-state index contributed by atoms with van der Waals surface area (Å²) in [5, 5.41) is 9.67. The molecule has 4 heteroatoms. The molecule has 2 aliphatic rings. The Bertz CT molecular complexity index is 219. The summed E-state index contributed by atoms with van der Waals surface area (Å²) >= 11 is 0. The van der Waals surface area contributed by atoms with Crippen LogP contribution in [0.4, 0.5) is 13.2 Å². The zero-order valence-corrected chi connectivity index (χ0v) is 7.32. The van der Waals surface area contributed by atoms with Crippen molar-refractivity contribution in [1.29, 1.82) is 0 Å². The Labute approximate surface area is 74.9 Å². The molecular weight excluding hydrogens is 181 g/mol. The standard InChI is InChI=1S/C9H13F3O/c10-9(11,12)8(13)6-2-5-7(8)3-1-4-7/h13H,1-6H2. The third-order valence-corrected chi connectivity index (χ3v) is 3.85. The molecule has 0 aromatic heterocycles. The molecule has 0 amide bonds. The summed E-state index contributed by atoms with van der Waals surface area (Å²) in [4.78, 5) is 0. The van der Waals surface area contributed by atoms with E-state index in [1.807, 2.05) is 0 Å². The maximum Gasteiger partial charge on any atom is 0.417 e. The van der Waals surface area contributed by atoms with E-state index < -0.39 is 17.2 Å². The third kappa shape index (κ3) is 0.981. The van der Waals surface area contributed by atoms with Gasteiger partial charge in [0.15, 0.2) is 5.60 Å². The molecule has 0 heterocycles. The average molecular weight is 194 g/mol. The molecule has 1 spiro atoms. The lowest BCUT2D eigenvalue weighted by Gasteiger charge is -2.49. The van der Waals surface area contributed by atoms with Gasteiger partial charge in [0.05, 0.1) is 0 Å². The van der Waals surface area contributed by atoms with Gasteiger partial charge < -0.3 is 5.11 Å². The van der Waals surface area contributed by atoms with Gasteiger partial charge in [-0.25, -0.2) is 0 Å². The summed E-state index contributed by atoms with van der Waals surface area (Å²) < 4.78 is 37.8. The van der Waals surface area contributed by atoms with E-state index in [1.54, 1.807) is 0 Å². The van der Waals surface area contributed by atoms with E-state index in [0.717, 1.165) is 6.42 Å². The highest BCUT2D eigenvalue weighted by molar-refractivity contribution is 5.11. The fourth-order valence-electron chi connectivity index (χ4n) is 2.86. The van der Waals surface area contributed by atoms with Gasteiger partial charge in [0.1, 0.15) is 0 Å². The fourth-order valence-corrected chi connectivity index (χ4v) is 2.86. The molecule has 0 aromatic rings. The minimum atomic E-state index is -4.44. The lowest BCUT2D eigenvalue weighted by molar-refractivity contribution is -0.305. The Morgan fingerprint density at radius 2 is 1.38 bits per heavy atom. The van der Waals surface area contributed by atoms with E-state index >= 15 is 0 Å². The van der Waals surface area contributed by atoms with Gasteiger partial charge >= 0.3 is 6.18 Å². The van der Waals surface area contributed by atoms with Crippen molar-refractivity contribution in [3.63, 3.8) is 0 Å². The molecule has 0 radical (unpaired) electrons. The summed E-state index contributed by atoms with van der Waals surface area (Å²) in [6, 6.07) is 0. The van der Waals surface area contributed by atoms with Crippen molar-refractivity contribution in [2.45, 2.75) is 50.3 Å². The van der Waals surface area contributed by atoms with Crippen LogP contribution in [0.25, 0.3) is 0 Å². The van der Waals surface area contributed by atoms with Gasteiger partial charge in [-0.2, -0.15) is 13.2 Å². The van der Waals surface area contributed by atoms with Crippen LogP contribution < -0.4 is 0 Å². The summed E-state index contributed by atoms with van der Waals surface area (Å²) in [7, 11) is 0. The van der Waals surface area contributed by atoms with Gasteiger partial charge in [0, 0.05) is 5.41 Å². The monoisotopic (exact) mass is 194 g/mol. The van der Waals surface area contributed by atoms with E-state index in [1.165, 1.54) is 0 Å². The first-order chi connectivity index (χ1) is 5.91. The van der Waals surface area contributed by atoms with Crippen LogP contribution in [0.15, 0.2) is 0 Å². The van der Waals surface area contributed by atoms with Gasteiger partial charge in [-0.15, -0.1) is 0 Å². The van der Waals surface area contributed by atoms with E-state index in [2.05, 4.69) is 0 Å². The number of hydrogen-bond donors (Lipinski definition) is 1. The van der Waals surface area contributed by atoms with E-state index in [-0.39, 0.29) is 6.42 Å². The van der Waals surface area contributed by atoms with Crippen LogP contribution in [0.5, 0.6) is 0 Å². The second-order valence-electron chi connectivity index (χ2n) is 4.35. The second kappa shape index (κ2) is 2.41. The highest BCUT2D eigenvalue weighted by atomic mass is 19.4.